The predicted molar refractivity (Wildman–Crippen MR) is 162 cm³/mol. The number of benzene rings is 3. The molecular weight excluding hydrogens is 569 g/mol. The highest BCUT2D eigenvalue weighted by Gasteiger charge is 2.33. The first-order chi connectivity index (χ1) is 18.8. The number of amides is 2. The van der Waals surface area contributed by atoms with Crippen LogP contribution < -0.4 is 9.62 Å². The molecule has 0 heterocycles. The molecule has 0 saturated carbocycles. The SMILES string of the molecule is Cc1cccc(N(CC(=O)N(Cc2ccc(Cl)c(Cl)c2)[C@H](Cc2ccccc2)C(=O)NCC(C)C)S(C)(=O)=O)c1. The molecule has 7 nitrogen and oxygen atoms in total. The Hall–Kier alpha value is -3.07. The third-order valence-corrected chi connectivity index (χ3v) is 8.14. The lowest BCUT2D eigenvalue weighted by molar-refractivity contribution is -0.140. The van der Waals surface area contributed by atoms with Crippen molar-refractivity contribution < 1.29 is 18.0 Å². The van der Waals surface area contributed by atoms with E-state index in [0.29, 0.717) is 27.8 Å². The number of nitrogens with one attached hydrogen (secondary N) is 1. The molecule has 3 aromatic carbocycles. The second-order valence-electron chi connectivity index (χ2n) is 10.2. The molecule has 1 N–H and O–H groups in total. The smallest absolute Gasteiger partial charge is 0.244 e. The standard InChI is InChI=1S/C30H35Cl2N3O4S/c1-21(2)18-33-30(37)28(17-23-10-6-5-7-11-23)34(19-24-13-14-26(31)27(32)16-24)29(36)20-35(40(4,38)39)25-12-8-9-22(3)15-25/h5-16,21,28H,17-20H2,1-4H3,(H,33,37)/t28-/m1/s1. The Morgan fingerprint density at radius 1 is 0.900 bits per heavy atom. The molecule has 1 atom stereocenters. The summed E-state index contributed by atoms with van der Waals surface area (Å²) in [4.78, 5) is 29.1. The molecule has 0 radical (unpaired) electrons. The van der Waals surface area contributed by atoms with Gasteiger partial charge in [0, 0.05) is 19.5 Å². The Morgan fingerprint density at radius 3 is 2.20 bits per heavy atom. The fourth-order valence-electron chi connectivity index (χ4n) is 4.21. The molecular formula is C30H35Cl2N3O4S. The predicted octanol–water partition coefficient (Wildman–Crippen LogP) is 5.48. The van der Waals surface area contributed by atoms with Crippen LogP contribution in [0.25, 0.3) is 0 Å². The van der Waals surface area contributed by atoms with Crippen molar-refractivity contribution >= 4 is 50.7 Å². The van der Waals surface area contributed by atoms with Crippen molar-refractivity contribution in [1.29, 1.82) is 0 Å². The third kappa shape index (κ3) is 8.98. The largest absolute Gasteiger partial charge is 0.354 e. The van der Waals surface area contributed by atoms with Crippen molar-refractivity contribution in [3.05, 3.63) is 99.5 Å². The van der Waals surface area contributed by atoms with E-state index in [4.69, 9.17) is 23.2 Å². The molecule has 0 unspecified atom stereocenters. The summed E-state index contributed by atoms with van der Waals surface area (Å²) in [5.74, 6) is -0.659. The van der Waals surface area contributed by atoms with Crippen LogP contribution in [0.3, 0.4) is 0 Å². The Bertz CT molecular complexity index is 1430. The molecule has 40 heavy (non-hydrogen) atoms. The van der Waals surface area contributed by atoms with Crippen LogP contribution in [0.4, 0.5) is 5.69 Å². The average Bonchev–Trinajstić information content (AvgIpc) is 2.89. The van der Waals surface area contributed by atoms with E-state index in [0.717, 1.165) is 21.7 Å². The molecule has 0 aliphatic heterocycles. The molecule has 0 saturated heterocycles. The van der Waals surface area contributed by atoms with Crippen molar-refractivity contribution in [3.8, 4) is 0 Å². The average molecular weight is 605 g/mol. The van der Waals surface area contributed by atoms with Crippen molar-refractivity contribution in [1.82, 2.24) is 10.2 Å². The first kappa shape index (κ1) is 31.5. The van der Waals surface area contributed by atoms with Gasteiger partial charge < -0.3 is 10.2 Å². The summed E-state index contributed by atoms with van der Waals surface area (Å²) >= 11 is 12.4. The zero-order valence-corrected chi connectivity index (χ0v) is 25.4. The number of hydrogen-bond donors (Lipinski definition) is 1. The summed E-state index contributed by atoms with van der Waals surface area (Å²) in [7, 11) is -3.83. The Kier molecular flexibility index (Phi) is 11.0. The summed E-state index contributed by atoms with van der Waals surface area (Å²) in [5.41, 5.74) is 2.73. The number of carbonyl (C=O) groups is 2. The van der Waals surface area contributed by atoms with Gasteiger partial charge in [-0.1, -0.05) is 85.6 Å². The van der Waals surface area contributed by atoms with Gasteiger partial charge in [0.1, 0.15) is 12.6 Å². The maximum atomic E-state index is 14.1. The van der Waals surface area contributed by atoms with Gasteiger partial charge in [-0.05, 0) is 53.8 Å². The van der Waals surface area contributed by atoms with Gasteiger partial charge in [-0.15, -0.1) is 0 Å². The molecule has 0 aromatic heterocycles. The van der Waals surface area contributed by atoms with Gasteiger partial charge in [0.2, 0.25) is 21.8 Å². The molecule has 0 bridgehead atoms. The second-order valence-corrected chi connectivity index (χ2v) is 12.9. The molecule has 0 aliphatic carbocycles. The number of rotatable bonds is 12. The molecule has 214 valence electrons. The van der Waals surface area contributed by atoms with Crippen molar-refractivity contribution in [2.24, 2.45) is 5.92 Å². The number of halogens is 2. The first-order valence-electron chi connectivity index (χ1n) is 12.9. The van der Waals surface area contributed by atoms with E-state index in [1.54, 1.807) is 36.4 Å². The Morgan fingerprint density at radius 2 is 1.60 bits per heavy atom. The molecule has 0 spiro atoms. The Labute approximate surface area is 247 Å². The maximum absolute atomic E-state index is 14.1. The number of carbonyl (C=O) groups excluding carboxylic acids is 2. The molecule has 10 heteroatoms. The van der Waals surface area contributed by atoms with Crippen LogP contribution in [0.2, 0.25) is 10.0 Å². The van der Waals surface area contributed by atoms with E-state index in [9.17, 15) is 18.0 Å². The van der Waals surface area contributed by atoms with E-state index < -0.39 is 28.5 Å². The lowest BCUT2D eigenvalue weighted by atomic mass is 10.0. The van der Waals surface area contributed by atoms with Gasteiger partial charge in [-0.2, -0.15) is 0 Å². The van der Waals surface area contributed by atoms with Gasteiger partial charge in [-0.3, -0.25) is 13.9 Å². The van der Waals surface area contributed by atoms with Crippen molar-refractivity contribution in [2.45, 2.75) is 39.8 Å². The van der Waals surface area contributed by atoms with Crippen molar-refractivity contribution in [3.63, 3.8) is 0 Å². The zero-order valence-electron chi connectivity index (χ0n) is 23.1. The summed E-state index contributed by atoms with van der Waals surface area (Å²) in [6.45, 7) is 5.78. The number of aryl methyl sites for hydroxylation is 1. The van der Waals surface area contributed by atoms with Gasteiger partial charge in [0.15, 0.2) is 0 Å². The van der Waals surface area contributed by atoms with Gasteiger partial charge in [0.25, 0.3) is 0 Å². The van der Waals surface area contributed by atoms with E-state index in [1.807, 2.05) is 57.2 Å². The van der Waals surface area contributed by atoms with Gasteiger partial charge in [-0.25, -0.2) is 8.42 Å². The summed E-state index contributed by atoms with van der Waals surface area (Å²) in [6, 6.07) is 20.4. The highest BCUT2D eigenvalue weighted by atomic mass is 35.5. The molecule has 0 aliphatic rings. The second kappa shape index (κ2) is 14.0. The monoisotopic (exact) mass is 603 g/mol. The minimum atomic E-state index is -3.83. The summed E-state index contributed by atoms with van der Waals surface area (Å²) in [5, 5.41) is 3.63. The van der Waals surface area contributed by atoms with Gasteiger partial charge >= 0.3 is 0 Å². The van der Waals surface area contributed by atoms with Crippen LogP contribution in [-0.2, 0) is 32.6 Å². The molecule has 3 rings (SSSR count). The minimum absolute atomic E-state index is 0.0216. The van der Waals surface area contributed by atoms with Crippen LogP contribution in [-0.4, -0.2) is 50.5 Å². The van der Waals surface area contributed by atoms with E-state index >= 15 is 0 Å². The first-order valence-corrected chi connectivity index (χ1v) is 15.5. The normalized spacial score (nSPS) is 12.2. The van der Waals surface area contributed by atoms with E-state index in [2.05, 4.69) is 5.32 Å². The van der Waals surface area contributed by atoms with Crippen LogP contribution in [0.5, 0.6) is 0 Å². The number of anilines is 1. The number of sulfonamides is 1. The fraction of sp³-hybridized carbons (Fsp3) is 0.333. The van der Waals surface area contributed by atoms with E-state index in [1.165, 1.54) is 4.90 Å². The van der Waals surface area contributed by atoms with Gasteiger partial charge in [0.05, 0.1) is 22.0 Å². The summed E-state index contributed by atoms with van der Waals surface area (Å²) < 4.78 is 26.8. The lowest BCUT2D eigenvalue weighted by Gasteiger charge is -2.33. The quantitative estimate of drug-likeness (QED) is 0.297. The highest BCUT2D eigenvalue weighted by molar-refractivity contribution is 7.92. The lowest BCUT2D eigenvalue weighted by Crippen LogP contribution is -2.53. The van der Waals surface area contributed by atoms with Crippen LogP contribution in [0, 0.1) is 12.8 Å². The minimum Gasteiger partial charge on any atom is -0.354 e. The third-order valence-electron chi connectivity index (χ3n) is 6.26. The van der Waals surface area contributed by atoms with Crippen LogP contribution in [0.15, 0.2) is 72.8 Å². The molecule has 0 fully saturated rings. The topological polar surface area (TPSA) is 86.8 Å². The summed E-state index contributed by atoms with van der Waals surface area (Å²) in [6.07, 6.45) is 1.30. The fourth-order valence-corrected chi connectivity index (χ4v) is 5.37. The van der Waals surface area contributed by atoms with Crippen molar-refractivity contribution in [2.75, 3.05) is 23.7 Å². The van der Waals surface area contributed by atoms with E-state index in [-0.39, 0.29) is 24.8 Å². The van der Waals surface area contributed by atoms with Crippen LogP contribution in [0.1, 0.15) is 30.5 Å². The highest BCUT2D eigenvalue weighted by Crippen LogP contribution is 2.25. The molecule has 3 aromatic rings. The zero-order chi connectivity index (χ0) is 29.4. The maximum Gasteiger partial charge on any atom is 0.244 e. The number of nitrogens with zero attached hydrogens (tertiary/aromatic N) is 2. The Balaban J connectivity index is 2.06. The van der Waals surface area contributed by atoms with Crippen LogP contribution >= 0.6 is 23.2 Å². The number of hydrogen-bond acceptors (Lipinski definition) is 4. The molecule has 2 amide bonds.